The highest BCUT2D eigenvalue weighted by molar-refractivity contribution is 9.10. The summed E-state index contributed by atoms with van der Waals surface area (Å²) in [5, 5.41) is 11.6. The van der Waals surface area contributed by atoms with E-state index in [1.807, 2.05) is 41.8 Å². The van der Waals surface area contributed by atoms with E-state index in [0.29, 0.717) is 6.42 Å². The van der Waals surface area contributed by atoms with Crippen LogP contribution < -0.4 is 10.2 Å². The van der Waals surface area contributed by atoms with Crippen molar-refractivity contribution >= 4 is 33.3 Å². The van der Waals surface area contributed by atoms with Crippen molar-refractivity contribution in [1.82, 2.24) is 24.9 Å². The molecule has 0 unspecified atom stereocenters. The van der Waals surface area contributed by atoms with Gasteiger partial charge in [0, 0.05) is 36.0 Å². The summed E-state index contributed by atoms with van der Waals surface area (Å²) in [6.07, 6.45) is 5.82. The number of rotatable bonds is 4. The molecule has 1 saturated heterocycles. The van der Waals surface area contributed by atoms with Gasteiger partial charge in [-0.15, -0.1) is 10.2 Å². The third-order valence-corrected chi connectivity index (χ3v) is 5.72. The summed E-state index contributed by atoms with van der Waals surface area (Å²) in [5.74, 6) is 1.77. The number of fused-ring (bicyclic) bond motifs is 1. The molecule has 0 radical (unpaired) electrons. The van der Waals surface area contributed by atoms with E-state index in [-0.39, 0.29) is 11.9 Å². The monoisotopic (exact) mass is 428 g/mol. The molecule has 2 aromatic heterocycles. The molecule has 1 fully saturated rings. The summed E-state index contributed by atoms with van der Waals surface area (Å²) in [6.45, 7) is 3.59. The molecule has 3 heterocycles. The molecule has 1 amide bonds. The number of halogens is 1. The molecule has 1 aliphatic heterocycles. The second-order valence-corrected chi connectivity index (χ2v) is 7.64. The number of piperidine rings is 1. The topological polar surface area (TPSA) is 75.4 Å². The van der Waals surface area contributed by atoms with Gasteiger partial charge in [-0.05, 0) is 31.4 Å². The summed E-state index contributed by atoms with van der Waals surface area (Å²) >= 11 is 3.50. The Bertz CT molecular complexity index is 964. The van der Waals surface area contributed by atoms with Crippen LogP contribution in [-0.4, -0.2) is 44.6 Å². The number of anilines is 1. The average Bonchev–Trinajstić information content (AvgIpc) is 3.06. The zero-order chi connectivity index (χ0) is 18.8. The molecule has 4 rings (SSSR count). The predicted molar refractivity (Wildman–Crippen MR) is 107 cm³/mol. The van der Waals surface area contributed by atoms with E-state index in [1.54, 1.807) is 6.20 Å². The van der Waals surface area contributed by atoms with Crippen LogP contribution in [0.3, 0.4) is 0 Å². The van der Waals surface area contributed by atoms with Gasteiger partial charge in [0.15, 0.2) is 5.82 Å². The minimum Gasteiger partial charge on any atom is -0.353 e. The molecule has 8 heteroatoms. The van der Waals surface area contributed by atoms with E-state index < -0.39 is 0 Å². The van der Waals surface area contributed by atoms with E-state index >= 15 is 0 Å². The Morgan fingerprint density at radius 3 is 2.81 bits per heavy atom. The second-order valence-electron chi connectivity index (χ2n) is 6.79. The highest BCUT2D eigenvalue weighted by atomic mass is 79.9. The SMILES string of the molecule is Cc1nnc2c(N3CCC(NC(=O)Cc4ccccc4Br)CC3)nccn12. The molecule has 3 aromatic rings. The van der Waals surface area contributed by atoms with Crippen LogP contribution in [0.25, 0.3) is 5.65 Å². The Morgan fingerprint density at radius 1 is 1.26 bits per heavy atom. The van der Waals surface area contributed by atoms with Crippen LogP contribution >= 0.6 is 15.9 Å². The Labute approximate surface area is 165 Å². The first-order valence-corrected chi connectivity index (χ1v) is 9.85. The lowest BCUT2D eigenvalue weighted by atomic mass is 10.0. The van der Waals surface area contributed by atoms with Crippen molar-refractivity contribution < 1.29 is 4.79 Å². The number of carbonyl (C=O) groups excluding carboxylic acids is 1. The van der Waals surface area contributed by atoms with Crippen LogP contribution in [0.2, 0.25) is 0 Å². The zero-order valence-electron chi connectivity index (χ0n) is 15.1. The van der Waals surface area contributed by atoms with Gasteiger partial charge in [0.05, 0.1) is 6.42 Å². The lowest BCUT2D eigenvalue weighted by molar-refractivity contribution is -0.121. The number of nitrogens with zero attached hydrogens (tertiary/aromatic N) is 5. The van der Waals surface area contributed by atoms with Gasteiger partial charge in [-0.25, -0.2) is 4.98 Å². The van der Waals surface area contributed by atoms with Crippen LogP contribution in [-0.2, 0) is 11.2 Å². The number of benzene rings is 1. The number of amides is 1. The maximum atomic E-state index is 12.4. The summed E-state index contributed by atoms with van der Waals surface area (Å²) in [4.78, 5) is 19.1. The quantitative estimate of drug-likeness (QED) is 0.690. The highest BCUT2D eigenvalue weighted by Gasteiger charge is 2.24. The van der Waals surface area contributed by atoms with Gasteiger partial charge in [-0.2, -0.15) is 0 Å². The fourth-order valence-electron chi connectivity index (χ4n) is 3.48. The maximum Gasteiger partial charge on any atom is 0.224 e. The lowest BCUT2D eigenvalue weighted by Gasteiger charge is -2.33. The van der Waals surface area contributed by atoms with Crippen molar-refractivity contribution in [1.29, 1.82) is 0 Å². The standard InChI is InChI=1S/C19H21BrN6O/c1-13-23-24-19-18(21-8-11-26(13)19)25-9-6-15(7-10-25)22-17(27)12-14-4-2-3-5-16(14)20/h2-5,8,11,15H,6-7,9-10,12H2,1H3,(H,22,27). The zero-order valence-corrected chi connectivity index (χ0v) is 16.7. The Kier molecular flexibility index (Phi) is 5.07. The van der Waals surface area contributed by atoms with Gasteiger partial charge in [-0.1, -0.05) is 34.1 Å². The molecular weight excluding hydrogens is 408 g/mol. The first-order valence-electron chi connectivity index (χ1n) is 9.06. The Balaban J connectivity index is 1.36. The summed E-state index contributed by atoms with van der Waals surface area (Å²) < 4.78 is 2.92. The van der Waals surface area contributed by atoms with E-state index in [0.717, 1.165) is 53.3 Å². The van der Waals surface area contributed by atoms with Crippen LogP contribution in [0.15, 0.2) is 41.1 Å². The fraction of sp³-hybridized carbons (Fsp3) is 0.368. The third kappa shape index (κ3) is 3.80. The number of hydrogen-bond acceptors (Lipinski definition) is 5. The molecule has 140 valence electrons. The maximum absolute atomic E-state index is 12.4. The first kappa shape index (κ1) is 17.9. The molecule has 0 spiro atoms. The molecule has 1 aliphatic rings. The van der Waals surface area contributed by atoms with Gasteiger partial charge in [0.2, 0.25) is 11.6 Å². The van der Waals surface area contributed by atoms with E-state index in [9.17, 15) is 4.79 Å². The van der Waals surface area contributed by atoms with Crippen LogP contribution in [0.5, 0.6) is 0 Å². The van der Waals surface area contributed by atoms with E-state index in [1.165, 1.54) is 0 Å². The largest absolute Gasteiger partial charge is 0.353 e. The minimum absolute atomic E-state index is 0.0636. The Morgan fingerprint density at radius 2 is 2.04 bits per heavy atom. The van der Waals surface area contributed by atoms with Crippen molar-refractivity contribution in [2.45, 2.75) is 32.2 Å². The summed E-state index contributed by atoms with van der Waals surface area (Å²) in [6, 6.07) is 8.02. The molecule has 0 aliphatic carbocycles. The lowest BCUT2D eigenvalue weighted by Crippen LogP contribution is -2.45. The van der Waals surface area contributed by atoms with Gasteiger partial charge >= 0.3 is 0 Å². The smallest absolute Gasteiger partial charge is 0.224 e. The molecule has 7 nitrogen and oxygen atoms in total. The number of nitrogens with one attached hydrogen (secondary N) is 1. The molecule has 27 heavy (non-hydrogen) atoms. The molecule has 1 N–H and O–H groups in total. The summed E-state index contributed by atoms with van der Waals surface area (Å²) in [7, 11) is 0. The molecule has 0 atom stereocenters. The molecular formula is C19H21BrN6O. The average molecular weight is 429 g/mol. The molecule has 0 bridgehead atoms. The van der Waals surface area contributed by atoms with Crippen molar-refractivity contribution in [3.05, 3.63) is 52.5 Å². The normalized spacial score (nSPS) is 15.3. The van der Waals surface area contributed by atoms with Gasteiger partial charge in [0.25, 0.3) is 0 Å². The van der Waals surface area contributed by atoms with Crippen LogP contribution in [0.1, 0.15) is 24.2 Å². The van der Waals surface area contributed by atoms with E-state index in [2.05, 4.69) is 41.3 Å². The van der Waals surface area contributed by atoms with E-state index in [4.69, 9.17) is 0 Å². The third-order valence-electron chi connectivity index (χ3n) is 4.95. The second kappa shape index (κ2) is 7.64. The van der Waals surface area contributed by atoms with Gasteiger partial charge < -0.3 is 10.2 Å². The minimum atomic E-state index is 0.0636. The first-order chi connectivity index (χ1) is 13.1. The van der Waals surface area contributed by atoms with Crippen molar-refractivity contribution in [3.63, 3.8) is 0 Å². The fourth-order valence-corrected chi connectivity index (χ4v) is 3.91. The van der Waals surface area contributed by atoms with Crippen LogP contribution in [0, 0.1) is 6.92 Å². The van der Waals surface area contributed by atoms with Gasteiger partial charge in [-0.3, -0.25) is 9.20 Å². The number of hydrogen-bond donors (Lipinski definition) is 1. The van der Waals surface area contributed by atoms with Crippen molar-refractivity contribution in [3.8, 4) is 0 Å². The predicted octanol–water partition coefficient (Wildman–Crippen LogP) is 2.52. The van der Waals surface area contributed by atoms with Crippen LogP contribution in [0.4, 0.5) is 5.82 Å². The molecule has 0 saturated carbocycles. The number of aromatic nitrogens is 4. The number of carbonyl (C=O) groups is 1. The summed E-state index contributed by atoms with van der Waals surface area (Å²) in [5.41, 5.74) is 1.79. The van der Waals surface area contributed by atoms with Crippen molar-refractivity contribution in [2.24, 2.45) is 0 Å². The van der Waals surface area contributed by atoms with Crippen molar-refractivity contribution in [2.75, 3.05) is 18.0 Å². The molecule has 1 aromatic carbocycles. The Hall–Kier alpha value is -2.48. The van der Waals surface area contributed by atoms with Gasteiger partial charge in [0.1, 0.15) is 5.82 Å². The number of aryl methyl sites for hydroxylation is 1. The highest BCUT2D eigenvalue weighted by Crippen LogP contribution is 2.22.